The van der Waals surface area contributed by atoms with Crippen molar-refractivity contribution >= 4 is 29.2 Å². The van der Waals surface area contributed by atoms with Gasteiger partial charge in [0.15, 0.2) is 0 Å². The van der Waals surface area contributed by atoms with Gasteiger partial charge in [-0.25, -0.2) is 0 Å². The highest BCUT2D eigenvalue weighted by molar-refractivity contribution is 6.31. The van der Waals surface area contributed by atoms with Crippen molar-refractivity contribution in [3.8, 4) is 0 Å². The van der Waals surface area contributed by atoms with E-state index >= 15 is 0 Å². The van der Waals surface area contributed by atoms with Crippen molar-refractivity contribution in [2.24, 2.45) is 0 Å². The Morgan fingerprint density at radius 2 is 2.09 bits per heavy atom. The van der Waals surface area contributed by atoms with Crippen LogP contribution in [0.15, 0.2) is 18.2 Å². The van der Waals surface area contributed by atoms with E-state index in [-0.39, 0.29) is 12.3 Å². The minimum absolute atomic E-state index is 0.0821. The third-order valence-electron chi connectivity index (χ3n) is 3.73. The number of amides is 1. The van der Waals surface area contributed by atoms with Gasteiger partial charge in [0.25, 0.3) is 0 Å². The largest absolute Gasteiger partial charge is 0.480 e. The van der Waals surface area contributed by atoms with E-state index in [2.05, 4.69) is 10.6 Å². The van der Waals surface area contributed by atoms with Gasteiger partial charge >= 0.3 is 5.97 Å². The maximum absolute atomic E-state index is 12.2. The van der Waals surface area contributed by atoms with Gasteiger partial charge in [-0.3, -0.25) is 14.5 Å². The molecular formula is C15H20ClN3O3. The molecule has 1 saturated heterocycles. The van der Waals surface area contributed by atoms with Crippen LogP contribution in [-0.2, 0) is 9.59 Å². The van der Waals surface area contributed by atoms with Gasteiger partial charge in [-0.15, -0.1) is 0 Å². The molecule has 1 amide bonds. The van der Waals surface area contributed by atoms with Gasteiger partial charge in [0.05, 0.1) is 6.42 Å². The summed E-state index contributed by atoms with van der Waals surface area (Å²) in [4.78, 5) is 25.4. The number of halogens is 1. The number of piperazine rings is 1. The highest BCUT2D eigenvalue weighted by Crippen LogP contribution is 2.20. The van der Waals surface area contributed by atoms with Crippen LogP contribution in [0.2, 0.25) is 5.02 Å². The van der Waals surface area contributed by atoms with Gasteiger partial charge in [-0.05, 0) is 24.6 Å². The number of carboxylic acid groups (broad SMARTS) is 1. The zero-order chi connectivity index (χ0) is 16.1. The van der Waals surface area contributed by atoms with Crippen molar-refractivity contribution in [1.29, 1.82) is 0 Å². The minimum Gasteiger partial charge on any atom is -0.480 e. The molecule has 1 aliphatic rings. The second-order valence-corrected chi connectivity index (χ2v) is 5.79. The topological polar surface area (TPSA) is 81.7 Å². The molecule has 0 spiro atoms. The van der Waals surface area contributed by atoms with Crippen LogP contribution < -0.4 is 10.6 Å². The lowest BCUT2D eigenvalue weighted by Gasteiger charge is -2.32. The van der Waals surface area contributed by atoms with Crippen LogP contribution in [0.3, 0.4) is 0 Å². The summed E-state index contributed by atoms with van der Waals surface area (Å²) in [5.74, 6) is -1.30. The van der Waals surface area contributed by atoms with E-state index in [1.165, 1.54) is 0 Å². The van der Waals surface area contributed by atoms with Gasteiger partial charge in [0, 0.05) is 36.9 Å². The van der Waals surface area contributed by atoms with E-state index in [0.29, 0.717) is 23.8 Å². The van der Waals surface area contributed by atoms with Crippen LogP contribution in [-0.4, -0.2) is 54.1 Å². The fraction of sp³-hybridized carbons (Fsp3) is 0.467. The number of nitrogens with zero attached hydrogens (tertiary/aromatic N) is 1. The molecule has 2 rings (SSSR count). The van der Waals surface area contributed by atoms with Crippen LogP contribution in [0.5, 0.6) is 0 Å². The van der Waals surface area contributed by atoms with Crippen molar-refractivity contribution in [2.75, 3.05) is 31.5 Å². The van der Waals surface area contributed by atoms with Crippen LogP contribution in [0.4, 0.5) is 5.69 Å². The summed E-state index contributed by atoms with van der Waals surface area (Å²) in [6.07, 6.45) is -0.0821. The lowest BCUT2D eigenvalue weighted by atomic mass is 10.1. The summed E-state index contributed by atoms with van der Waals surface area (Å²) in [5.41, 5.74) is 1.49. The van der Waals surface area contributed by atoms with Crippen molar-refractivity contribution in [3.05, 3.63) is 28.8 Å². The molecule has 1 fully saturated rings. The average Bonchev–Trinajstić information content (AvgIpc) is 2.49. The Morgan fingerprint density at radius 3 is 2.73 bits per heavy atom. The van der Waals surface area contributed by atoms with Crippen LogP contribution in [0.1, 0.15) is 12.0 Å². The lowest BCUT2D eigenvalue weighted by Crippen LogP contribution is -2.52. The Labute approximate surface area is 134 Å². The second-order valence-electron chi connectivity index (χ2n) is 5.35. The average molecular weight is 326 g/mol. The molecule has 3 N–H and O–H groups in total. The first-order chi connectivity index (χ1) is 10.5. The van der Waals surface area contributed by atoms with E-state index in [9.17, 15) is 14.7 Å². The van der Waals surface area contributed by atoms with Crippen LogP contribution in [0.25, 0.3) is 0 Å². The highest BCUT2D eigenvalue weighted by Gasteiger charge is 2.29. The maximum Gasteiger partial charge on any atom is 0.321 e. The number of anilines is 1. The summed E-state index contributed by atoms with van der Waals surface area (Å²) >= 11 is 5.92. The number of benzene rings is 1. The summed E-state index contributed by atoms with van der Waals surface area (Å²) < 4.78 is 0. The normalized spacial score (nSPS) is 17.0. The first-order valence-corrected chi connectivity index (χ1v) is 7.59. The number of hydrogen-bond acceptors (Lipinski definition) is 4. The third-order valence-corrected chi connectivity index (χ3v) is 3.96. The number of hydrogen-bond donors (Lipinski definition) is 3. The first kappa shape index (κ1) is 16.7. The van der Waals surface area contributed by atoms with Gasteiger partial charge in [-0.1, -0.05) is 17.7 Å². The number of carbonyl (C=O) groups is 2. The van der Waals surface area contributed by atoms with Crippen molar-refractivity contribution < 1.29 is 14.7 Å². The Morgan fingerprint density at radius 1 is 1.41 bits per heavy atom. The molecule has 0 aliphatic carbocycles. The van der Waals surface area contributed by atoms with E-state index < -0.39 is 12.0 Å². The van der Waals surface area contributed by atoms with Gasteiger partial charge < -0.3 is 15.7 Å². The molecule has 1 aromatic rings. The quantitative estimate of drug-likeness (QED) is 0.761. The van der Waals surface area contributed by atoms with Gasteiger partial charge in [0.1, 0.15) is 6.04 Å². The molecule has 0 unspecified atom stereocenters. The summed E-state index contributed by atoms with van der Waals surface area (Å²) in [5, 5.41) is 15.8. The molecule has 0 aromatic heterocycles. The number of aliphatic carboxylic acids is 1. The fourth-order valence-corrected chi connectivity index (χ4v) is 2.64. The molecule has 1 aromatic carbocycles. The number of carboxylic acids is 1. The van der Waals surface area contributed by atoms with Crippen molar-refractivity contribution in [1.82, 2.24) is 10.2 Å². The van der Waals surface area contributed by atoms with Crippen molar-refractivity contribution in [3.63, 3.8) is 0 Å². The predicted octanol–water partition coefficient (Wildman–Crippen LogP) is 1.34. The molecular weight excluding hydrogens is 306 g/mol. The Kier molecular flexibility index (Phi) is 5.76. The molecule has 6 nitrogen and oxygen atoms in total. The van der Waals surface area contributed by atoms with Crippen LogP contribution >= 0.6 is 11.6 Å². The van der Waals surface area contributed by atoms with Gasteiger partial charge in [0.2, 0.25) is 5.91 Å². The molecule has 1 atom stereocenters. The molecule has 120 valence electrons. The molecule has 7 heteroatoms. The first-order valence-electron chi connectivity index (χ1n) is 7.21. The third kappa shape index (κ3) is 4.43. The van der Waals surface area contributed by atoms with Gasteiger partial charge in [-0.2, -0.15) is 0 Å². The predicted molar refractivity (Wildman–Crippen MR) is 85.3 cm³/mol. The molecule has 0 bridgehead atoms. The SMILES string of the molecule is Cc1ccc(Cl)cc1NC(=O)C[C@H](C(=O)O)N1CCNCC1. The zero-order valence-electron chi connectivity index (χ0n) is 12.4. The Bertz CT molecular complexity index is 559. The summed E-state index contributed by atoms with van der Waals surface area (Å²) in [7, 11) is 0. The van der Waals surface area contributed by atoms with E-state index in [4.69, 9.17) is 11.6 Å². The number of rotatable bonds is 5. The summed E-state index contributed by atoms with van der Waals surface area (Å²) in [6, 6.07) is 4.41. The maximum atomic E-state index is 12.2. The molecule has 0 saturated carbocycles. The Hall–Kier alpha value is -1.63. The number of nitrogens with one attached hydrogen (secondary N) is 2. The fourth-order valence-electron chi connectivity index (χ4n) is 2.47. The second kappa shape index (κ2) is 7.58. The van der Waals surface area contributed by atoms with E-state index in [0.717, 1.165) is 18.7 Å². The molecule has 0 radical (unpaired) electrons. The minimum atomic E-state index is -0.972. The number of carbonyl (C=O) groups excluding carboxylic acids is 1. The smallest absolute Gasteiger partial charge is 0.321 e. The van der Waals surface area contributed by atoms with E-state index in [1.54, 1.807) is 12.1 Å². The zero-order valence-corrected chi connectivity index (χ0v) is 13.2. The molecule has 1 heterocycles. The highest BCUT2D eigenvalue weighted by atomic mass is 35.5. The van der Waals surface area contributed by atoms with Crippen molar-refractivity contribution in [2.45, 2.75) is 19.4 Å². The molecule has 1 aliphatic heterocycles. The Balaban J connectivity index is 2.01. The number of aryl methyl sites for hydroxylation is 1. The van der Waals surface area contributed by atoms with Crippen LogP contribution in [0, 0.1) is 6.92 Å². The molecule has 22 heavy (non-hydrogen) atoms. The standard InChI is InChI=1S/C15H20ClN3O3/c1-10-2-3-11(16)8-12(10)18-14(20)9-13(15(21)22)19-6-4-17-5-7-19/h2-3,8,13,17H,4-7,9H2,1H3,(H,18,20)(H,21,22)/t13-/m1/s1. The monoisotopic (exact) mass is 325 g/mol. The summed E-state index contributed by atoms with van der Waals surface area (Å²) in [6.45, 7) is 4.58. The lowest BCUT2D eigenvalue weighted by molar-refractivity contribution is -0.145. The van der Waals surface area contributed by atoms with E-state index in [1.807, 2.05) is 17.9 Å².